The molecule has 0 amide bonds. The van der Waals surface area contributed by atoms with E-state index in [0.717, 1.165) is 36.9 Å². The third-order valence-corrected chi connectivity index (χ3v) is 15.0. The van der Waals surface area contributed by atoms with Crippen molar-refractivity contribution in [3.05, 3.63) is 91.0 Å². The van der Waals surface area contributed by atoms with Crippen molar-refractivity contribution in [2.45, 2.75) is 24.9 Å². The fraction of sp³-hybridized carbons (Fsp3) is 0.250. The molecule has 0 radical (unpaired) electrons. The Labute approximate surface area is 170 Å². The molecule has 1 heterocycles. The van der Waals surface area contributed by atoms with Gasteiger partial charge >= 0.3 is 171 Å². The maximum atomic E-state index is 14.0. The van der Waals surface area contributed by atoms with Gasteiger partial charge in [-0.1, -0.05) is 0 Å². The molecule has 3 aromatic carbocycles. The Morgan fingerprint density at radius 1 is 0.821 bits per heavy atom. The quantitative estimate of drug-likeness (QED) is 0.444. The molecule has 28 heavy (non-hydrogen) atoms. The van der Waals surface area contributed by atoms with E-state index in [-0.39, 0.29) is 0 Å². The van der Waals surface area contributed by atoms with Crippen molar-refractivity contribution in [2.24, 2.45) is 0 Å². The molecule has 1 nitrogen and oxygen atoms in total. The molecule has 4 rings (SSSR count). The summed E-state index contributed by atoms with van der Waals surface area (Å²) in [6.45, 7) is 0. The van der Waals surface area contributed by atoms with Crippen LogP contribution < -0.4 is 15.9 Å². The van der Waals surface area contributed by atoms with Crippen LogP contribution in [0.2, 0.25) is 0 Å². The molecule has 2 atom stereocenters. The molecular formula is C24H29BOP2. The molecule has 144 valence electrons. The average molecular weight is 406 g/mol. The van der Waals surface area contributed by atoms with Crippen molar-refractivity contribution in [1.82, 2.24) is 0 Å². The van der Waals surface area contributed by atoms with Gasteiger partial charge in [0.15, 0.2) is 0 Å². The SMILES string of the molecule is B[PH](CC[C@H]1CCC[P@]1(=O)c1ccccc1)(c1ccccc1)c1ccccc1. The minimum absolute atomic E-state index is 0.342. The Kier molecular flexibility index (Phi) is 5.91. The van der Waals surface area contributed by atoms with Crippen LogP contribution in [-0.4, -0.2) is 25.5 Å². The standard InChI is InChI=1S/C24H29BOP2/c25-27(21-11-4-1-5-12-21,22-13-6-2-7-14-22)20-18-24-17-10-19-28(24,26)23-15-8-3-9-16-23/h1-9,11-16,24,27H,10,17-20,25H2/t24-,28+/m1/s1. The van der Waals surface area contributed by atoms with Gasteiger partial charge in [0, 0.05) is 0 Å². The predicted octanol–water partition coefficient (Wildman–Crippen LogP) is 4.18. The van der Waals surface area contributed by atoms with Gasteiger partial charge in [0.25, 0.3) is 0 Å². The molecule has 0 aromatic heterocycles. The van der Waals surface area contributed by atoms with Crippen LogP contribution in [0.15, 0.2) is 91.0 Å². The summed E-state index contributed by atoms with van der Waals surface area (Å²) in [5, 5.41) is 4.06. The molecule has 1 aliphatic rings. The fourth-order valence-electron chi connectivity index (χ4n) is 4.85. The van der Waals surface area contributed by atoms with Crippen LogP contribution in [0.3, 0.4) is 0 Å². The van der Waals surface area contributed by atoms with Gasteiger partial charge in [0.05, 0.1) is 0 Å². The Morgan fingerprint density at radius 3 is 1.86 bits per heavy atom. The molecular weight excluding hydrogens is 377 g/mol. The number of hydrogen-bond acceptors (Lipinski definition) is 1. The van der Waals surface area contributed by atoms with Crippen molar-refractivity contribution in [3.8, 4) is 0 Å². The van der Waals surface area contributed by atoms with Gasteiger partial charge < -0.3 is 0 Å². The third-order valence-electron chi connectivity index (χ3n) is 6.61. The summed E-state index contributed by atoms with van der Waals surface area (Å²) in [6, 6.07) is 32.3. The summed E-state index contributed by atoms with van der Waals surface area (Å²) < 4.78 is 14.0. The van der Waals surface area contributed by atoms with Crippen molar-refractivity contribution >= 4 is 37.8 Å². The third kappa shape index (κ3) is 3.78. The molecule has 3 aromatic rings. The van der Waals surface area contributed by atoms with Crippen LogP contribution in [0.25, 0.3) is 0 Å². The van der Waals surface area contributed by atoms with E-state index in [0.29, 0.717) is 5.66 Å². The maximum absolute atomic E-state index is 14.0. The molecule has 1 saturated heterocycles. The number of rotatable bonds is 6. The van der Waals surface area contributed by atoms with Crippen molar-refractivity contribution in [3.63, 3.8) is 0 Å². The molecule has 0 aliphatic carbocycles. The second-order valence-corrected chi connectivity index (χ2v) is 15.9. The van der Waals surface area contributed by atoms with Crippen LogP contribution >= 0.6 is 14.3 Å². The summed E-state index contributed by atoms with van der Waals surface area (Å²) in [6.07, 6.45) is 5.32. The van der Waals surface area contributed by atoms with Crippen molar-refractivity contribution in [2.75, 3.05) is 12.3 Å². The first-order valence-corrected chi connectivity index (χ1v) is 15.1. The van der Waals surface area contributed by atoms with E-state index < -0.39 is 14.3 Å². The summed E-state index contributed by atoms with van der Waals surface area (Å²) >= 11 is 0. The minimum atomic E-state index is -2.28. The van der Waals surface area contributed by atoms with Gasteiger partial charge in [-0.05, 0) is 0 Å². The average Bonchev–Trinajstić information content (AvgIpc) is 3.15. The fourth-order valence-corrected chi connectivity index (χ4v) is 12.3. The van der Waals surface area contributed by atoms with E-state index in [1.54, 1.807) is 0 Å². The van der Waals surface area contributed by atoms with Gasteiger partial charge in [-0.25, -0.2) is 0 Å². The molecule has 0 saturated carbocycles. The van der Waals surface area contributed by atoms with Gasteiger partial charge in [0.1, 0.15) is 0 Å². The van der Waals surface area contributed by atoms with Gasteiger partial charge in [0.2, 0.25) is 0 Å². The zero-order valence-corrected chi connectivity index (χ0v) is 18.5. The van der Waals surface area contributed by atoms with E-state index in [2.05, 4.69) is 80.4 Å². The first-order valence-electron chi connectivity index (χ1n) is 10.4. The Balaban J connectivity index is 1.63. The first-order chi connectivity index (χ1) is 13.6. The topological polar surface area (TPSA) is 17.1 Å². The second kappa shape index (κ2) is 8.40. The van der Waals surface area contributed by atoms with E-state index in [4.69, 9.17) is 0 Å². The molecule has 4 heteroatoms. The van der Waals surface area contributed by atoms with Crippen LogP contribution in [0.1, 0.15) is 19.3 Å². The molecule has 1 fully saturated rings. The molecule has 0 unspecified atom stereocenters. The van der Waals surface area contributed by atoms with Gasteiger partial charge in [-0.2, -0.15) is 0 Å². The summed E-state index contributed by atoms with van der Waals surface area (Å²) in [4.78, 5) is 0. The molecule has 0 spiro atoms. The van der Waals surface area contributed by atoms with Crippen LogP contribution in [-0.2, 0) is 4.57 Å². The van der Waals surface area contributed by atoms with E-state index in [9.17, 15) is 4.57 Å². The van der Waals surface area contributed by atoms with Gasteiger partial charge in [-0.15, -0.1) is 0 Å². The second-order valence-electron chi connectivity index (χ2n) is 8.25. The molecule has 1 aliphatic heterocycles. The Bertz CT molecular complexity index is 905. The van der Waals surface area contributed by atoms with Crippen LogP contribution in [0.4, 0.5) is 0 Å². The van der Waals surface area contributed by atoms with E-state index >= 15 is 0 Å². The summed E-state index contributed by atoms with van der Waals surface area (Å²) in [5.41, 5.74) is 0.342. The van der Waals surface area contributed by atoms with E-state index in [1.165, 1.54) is 10.6 Å². The zero-order valence-electron chi connectivity index (χ0n) is 16.6. The van der Waals surface area contributed by atoms with Crippen molar-refractivity contribution in [1.29, 1.82) is 0 Å². The van der Waals surface area contributed by atoms with Crippen LogP contribution in [0.5, 0.6) is 0 Å². The Hall–Kier alpha value is -1.62. The van der Waals surface area contributed by atoms with Crippen LogP contribution in [0, 0.1) is 0 Å². The number of hydrogen-bond donors (Lipinski definition) is 0. The first kappa shape index (κ1) is 19.7. The zero-order chi connectivity index (χ0) is 19.5. The normalized spacial score (nSPS) is 22.8. The van der Waals surface area contributed by atoms with Gasteiger partial charge in [-0.3, -0.25) is 0 Å². The molecule has 0 bridgehead atoms. The summed E-state index contributed by atoms with van der Waals surface area (Å²) in [5.74, 6) is 0. The number of benzene rings is 3. The summed E-state index contributed by atoms with van der Waals surface area (Å²) in [7, 11) is -1.65. The van der Waals surface area contributed by atoms with E-state index in [1.807, 2.05) is 18.2 Å². The predicted molar refractivity (Wildman–Crippen MR) is 130 cm³/mol. The monoisotopic (exact) mass is 406 g/mol. The van der Waals surface area contributed by atoms with Crippen molar-refractivity contribution < 1.29 is 4.57 Å². The Morgan fingerprint density at radius 2 is 1.32 bits per heavy atom. The molecule has 0 N–H and O–H groups in total.